The van der Waals surface area contributed by atoms with Crippen LogP contribution in [-0.4, -0.2) is 22.0 Å². The number of benzene rings is 1. The van der Waals surface area contributed by atoms with Crippen molar-refractivity contribution in [2.24, 2.45) is 0 Å². The van der Waals surface area contributed by atoms with E-state index in [-0.39, 0.29) is 5.91 Å². The summed E-state index contributed by atoms with van der Waals surface area (Å²) in [6.45, 7) is 3.30. The average molecular weight is 272 g/mol. The van der Waals surface area contributed by atoms with Gasteiger partial charge in [0.05, 0.1) is 0 Å². The van der Waals surface area contributed by atoms with Crippen LogP contribution in [0.1, 0.15) is 17.8 Å². The normalized spacial score (nSPS) is 10.4. The van der Waals surface area contributed by atoms with Crippen LogP contribution < -0.4 is 11.1 Å². The van der Waals surface area contributed by atoms with Crippen molar-refractivity contribution in [3.05, 3.63) is 48.0 Å². The molecule has 1 aromatic carbocycles. The zero-order chi connectivity index (χ0) is 14.4. The van der Waals surface area contributed by atoms with Crippen LogP contribution >= 0.6 is 0 Å². The first-order chi connectivity index (χ1) is 9.66. The van der Waals surface area contributed by atoms with Gasteiger partial charge in [0.1, 0.15) is 5.82 Å². The Bertz CT molecular complexity index is 577. The van der Waals surface area contributed by atoms with Crippen LogP contribution in [0, 0.1) is 6.92 Å². The summed E-state index contributed by atoms with van der Waals surface area (Å²) in [6, 6.07) is 7.64. The van der Waals surface area contributed by atoms with Crippen molar-refractivity contribution in [2.75, 3.05) is 12.3 Å². The summed E-state index contributed by atoms with van der Waals surface area (Å²) in [6.07, 6.45) is 4.79. The summed E-state index contributed by atoms with van der Waals surface area (Å²) in [5, 5.41) is 2.91. The van der Waals surface area contributed by atoms with Crippen molar-refractivity contribution >= 4 is 11.6 Å². The smallest absolute Gasteiger partial charge is 0.220 e. The van der Waals surface area contributed by atoms with E-state index in [1.807, 2.05) is 42.0 Å². The SMILES string of the molecule is Cc1nccn1CCNC(=O)CCc1ccccc1N. The molecule has 1 heterocycles. The molecule has 0 aliphatic heterocycles. The monoisotopic (exact) mass is 272 g/mol. The highest BCUT2D eigenvalue weighted by Crippen LogP contribution is 2.12. The van der Waals surface area contributed by atoms with E-state index in [1.165, 1.54) is 0 Å². The van der Waals surface area contributed by atoms with Crippen molar-refractivity contribution in [1.82, 2.24) is 14.9 Å². The lowest BCUT2D eigenvalue weighted by atomic mass is 10.1. The predicted octanol–water partition coefficient (Wildman–Crippen LogP) is 1.52. The molecule has 5 nitrogen and oxygen atoms in total. The maximum absolute atomic E-state index is 11.8. The highest BCUT2D eigenvalue weighted by atomic mass is 16.1. The molecule has 0 fully saturated rings. The fraction of sp³-hybridized carbons (Fsp3) is 0.333. The summed E-state index contributed by atoms with van der Waals surface area (Å²) >= 11 is 0. The summed E-state index contributed by atoms with van der Waals surface area (Å²) < 4.78 is 2.01. The second-order valence-electron chi connectivity index (χ2n) is 4.72. The molecule has 106 valence electrons. The second-order valence-corrected chi connectivity index (χ2v) is 4.72. The minimum Gasteiger partial charge on any atom is -0.399 e. The first kappa shape index (κ1) is 14.1. The summed E-state index contributed by atoms with van der Waals surface area (Å²) in [5.41, 5.74) is 7.61. The lowest BCUT2D eigenvalue weighted by Crippen LogP contribution is -2.27. The fourth-order valence-corrected chi connectivity index (χ4v) is 2.05. The Labute approximate surface area is 118 Å². The molecule has 2 aromatic rings. The van der Waals surface area contributed by atoms with Gasteiger partial charge in [-0.1, -0.05) is 18.2 Å². The zero-order valence-electron chi connectivity index (χ0n) is 11.7. The van der Waals surface area contributed by atoms with Crippen LogP contribution in [0.3, 0.4) is 0 Å². The van der Waals surface area contributed by atoms with Gasteiger partial charge in [-0.05, 0) is 25.0 Å². The molecule has 1 aromatic heterocycles. The average Bonchev–Trinajstić information content (AvgIpc) is 2.84. The van der Waals surface area contributed by atoms with Gasteiger partial charge in [-0.2, -0.15) is 0 Å². The molecule has 0 saturated heterocycles. The van der Waals surface area contributed by atoms with E-state index >= 15 is 0 Å². The minimum absolute atomic E-state index is 0.0472. The van der Waals surface area contributed by atoms with Gasteiger partial charge >= 0.3 is 0 Å². The molecule has 3 N–H and O–H groups in total. The third kappa shape index (κ3) is 3.85. The largest absolute Gasteiger partial charge is 0.399 e. The van der Waals surface area contributed by atoms with Crippen molar-refractivity contribution in [3.8, 4) is 0 Å². The molecule has 0 radical (unpaired) electrons. The second kappa shape index (κ2) is 6.75. The number of carbonyl (C=O) groups is 1. The van der Waals surface area contributed by atoms with Crippen molar-refractivity contribution in [2.45, 2.75) is 26.3 Å². The first-order valence-corrected chi connectivity index (χ1v) is 6.74. The van der Waals surface area contributed by atoms with Gasteiger partial charge in [0.15, 0.2) is 0 Å². The number of para-hydroxylation sites is 1. The van der Waals surface area contributed by atoms with Gasteiger partial charge in [-0.3, -0.25) is 4.79 Å². The quantitative estimate of drug-likeness (QED) is 0.783. The number of nitrogens with one attached hydrogen (secondary N) is 1. The molecule has 0 unspecified atom stereocenters. The Morgan fingerprint density at radius 1 is 1.40 bits per heavy atom. The van der Waals surface area contributed by atoms with Crippen LogP contribution in [0.25, 0.3) is 0 Å². The number of nitrogens with two attached hydrogens (primary N) is 1. The topological polar surface area (TPSA) is 72.9 Å². The molecule has 1 amide bonds. The number of hydrogen-bond donors (Lipinski definition) is 2. The van der Waals surface area contributed by atoms with Gasteiger partial charge < -0.3 is 15.6 Å². The molecule has 0 bridgehead atoms. The maximum atomic E-state index is 11.8. The lowest BCUT2D eigenvalue weighted by molar-refractivity contribution is -0.121. The molecule has 20 heavy (non-hydrogen) atoms. The van der Waals surface area contributed by atoms with E-state index in [1.54, 1.807) is 6.20 Å². The first-order valence-electron chi connectivity index (χ1n) is 6.74. The third-order valence-corrected chi connectivity index (χ3v) is 3.28. The highest BCUT2D eigenvalue weighted by Gasteiger charge is 2.04. The molecule has 5 heteroatoms. The maximum Gasteiger partial charge on any atom is 0.220 e. The van der Waals surface area contributed by atoms with Crippen molar-refractivity contribution in [3.63, 3.8) is 0 Å². The van der Waals surface area contributed by atoms with Crippen LogP contribution in [0.15, 0.2) is 36.7 Å². The van der Waals surface area contributed by atoms with E-state index in [9.17, 15) is 4.79 Å². The van der Waals surface area contributed by atoms with E-state index in [0.29, 0.717) is 19.4 Å². The van der Waals surface area contributed by atoms with E-state index in [0.717, 1.165) is 23.6 Å². The number of aryl methyl sites for hydroxylation is 2. The van der Waals surface area contributed by atoms with Crippen LogP contribution in [0.2, 0.25) is 0 Å². The van der Waals surface area contributed by atoms with Gasteiger partial charge in [0.2, 0.25) is 5.91 Å². The van der Waals surface area contributed by atoms with Crippen molar-refractivity contribution < 1.29 is 4.79 Å². The molecule has 0 atom stereocenters. The van der Waals surface area contributed by atoms with Crippen molar-refractivity contribution in [1.29, 1.82) is 0 Å². The molecule has 2 rings (SSSR count). The van der Waals surface area contributed by atoms with Gasteiger partial charge in [-0.15, -0.1) is 0 Å². The minimum atomic E-state index is 0.0472. The van der Waals surface area contributed by atoms with E-state index < -0.39 is 0 Å². The predicted molar refractivity (Wildman–Crippen MR) is 79.1 cm³/mol. The van der Waals surface area contributed by atoms with E-state index in [4.69, 9.17) is 5.73 Å². The Morgan fingerprint density at radius 3 is 2.90 bits per heavy atom. The number of anilines is 1. The number of rotatable bonds is 6. The molecule has 0 spiro atoms. The van der Waals surface area contributed by atoms with Gasteiger partial charge in [0, 0.05) is 37.6 Å². The zero-order valence-corrected chi connectivity index (χ0v) is 11.7. The highest BCUT2D eigenvalue weighted by molar-refractivity contribution is 5.76. The third-order valence-electron chi connectivity index (χ3n) is 3.28. The van der Waals surface area contributed by atoms with Crippen LogP contribution in [-0.2, 0) is 17.8 Å². The number of imidazole rings is 1. The number of hydrogen-bond acceptors (Lipinski definition) is 3. The Kier molecular flexibility index (Phi) is 4.76. The summed E-state index contributed by atoms with van der Waals surface area (Å²) in [4.78, 5) is 15.9. The number of aromatic nitrogens is 2. The number of nitrogens with zero attached hydrogens (tertiary/aromatic N) is 2. The van der Waals surface area contributed by atoms with E-state index in [2.05, 4.69) is 10.3 Å². The molecule has 0 aliphatic carbocycles. The number of carbonyl (C=O) groups excluding carboxylic acids is 1. The molecular formula is C15H20N4O. The van der Waals surface area contributed by atoms with Crippen LogP contribution in [0.5, 0.6) is 0 Å². The molecule has 0 saturated carbocycles. The number of amides is 1. The molecular weight excluding hydrogens is 252 g/mol. The van der Waals surface area contributed by atoms with Gasteiger partial charge in [0.25, 0.3) is 0 Å². The fourth-order valence-electron chi connectivity index (χ4n) is 2.05. The standard InChI is InChI=1S/C15H20N4O/c1-12-17-8-10-19(12)11-9-18-15(20)7-6-13-4-2-3-5-14(13)16/h2-5,8,10H,6-7,9,11,16H2,1H3,(H,18,20). The Balaban J connectivity index is 1.71. The Morgan fingerprint density at radius 2 is 2.20 bits per heavy atom. The Hall–Kier alpha value is -2.30. The number of nitrogen functional groups attached to an aromatic ring is 1. The van der Waals surface area contributed by atoms with Crippen LogP contribution in [0.4, 0.5) is 5.69 Å². The summed E-state index contributed by atoms with van der Waals surface area (Å²) in [7, 11) is 0. The molecule has 0 aliphatic rings. The summed E-state index contributed by atoms with van der Waals surface area (Å²) in [5.74, 6) is 1.00. The van der Waals surface area contributed by atoms with Gasteiger partial charge in [-0.25, -0.2) is 4.98 Å². The lowest BCUT2D eigenvalue weighted by Gasteiger charge is -2.08.